The molecule has 4 atom stereocenters. The van der Waals surface area contributed by atoms with Crippen molar-refractivity contribution in [1.29, 1.82) is 0 Å². The predicted molar refractivity (Wildman–Crippen MR) is 196 cm³/mol. The zero-order chi connectivity index (χ0) is 33.4. The Morgan fingerprint density at radius 2 is 1.00 bits per heavy atom. The molecule has 2 aromatic rings. The van der Waals surface area contributed by atoms with Gasteiger partial charge in [0.2, 0.25) is 0 Å². The Bertz CT molecular complexity index is 1370. The number of fused-ring (bicyclic) bond motifs is 4. The van der Waals surface area contributed by atoms with Gasteiger partial charge in [-0.1, -0.05) is 37.1 Å². The number of ether oxygens (including phenoxy) is 4. The maximum absolute atomic E-state index is 6.57. The second kappa shape index (κ2) is 14.7. The third kappa shape index (κ3) is 7.35. The van der Waals surface area contributed by atoms with Crippen molar-refractivity contribution in [1.82, 2.24) is 19.6 Å². The smallest absolute Gasteiger partial charge is 0.123 e. The van der Waals surface area contributed by atoms with Gasteiger partial charge >= 0.3 is 0 Å². The summed E-state index contributed by atoms with van der Waals surface area (Å²) in [7, 11) is 0. The lowest BCUT2D eigenvalue weighted by Crippen LogP contribution is -2.54. The molecule has 6 fully saturated rings. The van der Waals surface area contributed by atoms with Gasteiger partial charge in [-0.15, -0.1) is 0 Å². The number of benzene rings is 2. The third-order valence-electron chi connectivity index (χ3n) is 13.4. The number of rotatable bonds is 4. The maximum Gasteiger partial charge on any atom is 0.123 e. The molecule has 0 amide bonds. The quantitative estimate of drug-likeness (QED) is 0.408. The molecule has 8 aliphatic rings. The Hall–Kier alpha value is -2.20. The first kappa shape index (κ1) is 33.6. The zero-order valence-electron chi connectivity index (χ0n) is 30.4. The van der Waals surface area contributed by atoms with Gasteiger partial charge in [0.25, 0.3) is 0 Å². The monoisotopic (exact) mass is 684 g/mol. The van der Waals surface area contributed by atoms with Crippen LogP contribution in [0.4, 0.5) is 0 Å². The van der Waals surface area contributed by atoms with Crippen LogP contribution in [0.15, 0.2) is 36.4 Å². The molecule has 8 nitrogen and oxygen atoms in total. The molecule has 0 aliphatic carbocycles. The minimum atomic E-state index is 0.0818. The van der Waals surface area contributed by atoms with E-state index >= 15 is 0 Å². The Labute approximate surface area is 300 Å². The van der Waals surface area contributed by atoms with Crippen molar-refractivity contribution >= 4 is 0 Å². The van der Waals surface area contributed by atoms with Gasteiger partial charge in [-0.05, 0) is 73.2 Å². The summed E-state index contributed by atoms with van der Waals surface area (Å²) < 4.78 is 24.1. The predicted octanol–water partition coefficient (Wildman–Crippen LogP) is 5.68. The molecule has 50 heavy (non-hydrogen) atoms. The van der Waals surface area contributed by atoms with Crippen molar-refractivity contribution in [2.75, 3.05) is 78.8 Å². The lowest BCUT2D eigenvalue weighted by molar-refractivity contribution is -0.0252. The largest absolute Gasteiger partial charge is 0.487 e. The first-order valence-electron chi connectivity index (χ1n) is 20.3. The first-order chi connectivity index (χ1) is 24.6. The van der Waals surface area contributed by atoms with Crippen LogP contribution >= 0.6 is 0 Å². The van der Waals surface area contributed by atoms with Gasteiger partial charge in [0.1, 0.15) is 22.7 Å². The first-order valence-corrected chi connectivity index (χ1v) is 20.3. The van der Waals surface area contributed by atoms with E-state index in [1.165, 1.54) is 113 Å². The molecular formula is C42H60N4O4. The molecule has 0 N–H and O–H groups in total. The second-order valence-corrected chi connectivity index (χ2v) is 16.9. The maximum atomic E-state index is 6.57. The Balaban J connectivity index is 0.000000135. The summed E-state index contributed by atoms with van der Waals surface area (Å²) in [6, 6.07) is 15.3. The number of hydrogen-bond acceptors (Lipinski definition) is 8. The fourth-order valence-electron chi connectivity index (χ4n) is 10.6. The van der Waals surface area contributed by atoms with E-state index in [0.717, 1.165) is 102 Å². The van der Waals surface area contributed by atoms with Gasteiger partial charge < -0.3 is 28.7 Å². The van der Waals surface area contributed by atoms with Crippen molar-refractivity contribution in [3.63, 3.8) is 0 Å². The average molecular weight is 685 g/mol. The van der Waals surface area contributed by atoms with E-state index in [4.69, 9.17) is 18.9 Å². The lowest BCUT2D eigenvalue weighted by Gasteiger charge is -2.46. The van der Waals surface area contributed by atoms with Gasteiger partial charge in [0.05, 0.1) is 26.4 Å². The van der Waals surface area contributed by atoms with Crippen LogP contribution in [0.1, 0.15) is 86.5 Å². The molecule has 272 valence electrons. The van der Waals surface area contributed by atoms with Crippen molar-refractivity contribution in [2.45, 2.75) is 113 Å². The van der Waals surface area contributed by atoms with Crippen LogP contribution in [0.2, 0.25) is 0 Å². The van der Waals surface area contributed by atoms with E-state index in [-0.39, 0.29) is 11.2 Å². The molecule has 2 aromatic carbocycles. The van der Waals surface area contributed by atoms with Crippen LogP contribution in [0.25, 0.3) is 0 Å². The fourth-order valence-corrected chi connectivity index (χ4v) is 10.6. The normalized spacial score (nSPS) is 33.0. The molecule has 0 saturated carbocycles. The van der Waals surface area contributed by atoms with Crippen molar-refractivity contribution in [3.8, 4) is 11.5 Å². The Kier molecular flexibility index (Phi) is 9.87. The summed E-state index contributed by atoms with van der Waals surface area (Å²) in [6.07, 6.45) is 15.3. The minimum Gasteiger partial charge on any atom is -0.487 e. The summed E-state index contributed by atoms with van der Waals surface area (Å²) in [6.45, 7) is 14.8. The van der Waals surface area contributed by atoms with Gasteiger partial charge in [0.15, 0.2) is 0 Å². The van der Waals surface area contributed by atoms with Crippen molar-refractivity contribution < 1.29 is 18.9 Å². The lowest BCUT2D eigenvalue weighted by atomic mass is 9.80. The summed E-state index contributed by atoms with van der Waals surface area (Å²) in [5, 5.41) is 0. The molecule has 10 rings (SSSR count). The average Bonchev–Trinajstić information content (AvgIpc) is 3.68. The van der Waals surface area contributed by atoms with E-state index in [1.54, 1.807) is 0 Å². The molecule has 0 aromatic heterocycles. The number of nitrogens with zero attached hydrogens (tertiary/aromatic N) is 4. The molecule has 0 radical (unpaired) electrons. The number of morpholine rings is 2. The zero-order valence-corrected chi connectivity index (χ0v) is 30.4. The van der Waals surface area contributed by atoms with Gasteiger partial charge in [0, 0.05) is 103 Å². The third-order valence-corrected chi connectivity index (χ3v) is 13.4. The van der Waals surface area contributed by atoms with Crippen molar-refractivity contribution in [3.05, 3.63) is 58.7 Å². The highest BCUT2D eigenvalue weighted by Crippen LogP contribution is 2.46. The standard InChI is InChI=1S/2C21H30N2O2/c2*1-2-7-23-8-6-21(15-19(23)3-1)14-18-13-17(4-5-20(18)25-21)16-22-9-11-24-12-10-22/h2*4-5,13,19H,1-3,6-12,14-16H2/t2*19-,21+/m10/s1. The topological polar surface area (TPSA) is 49.9 Å². The van der Waals surface area contributed by atoms with Crippen molar-refractivity contribution in [2.24, 2.45) is 0 Å². The van der Waals surface area contributed by atoms with Crippen LogP contribution in [-0.2, 0) is 35.4 Å². The summed E-state index contributed by atoms with van der Waals surface area (Å²) in [5.41, 5.74) is 5.90. The highest BCUT2D eigenvalue weighted by atomic mass is 16.5. The minimum absolute atomic E-state index is 0.0818. The molecule has 6 saturated heterocycles. The molecule has 2 spiro atoms. The molecular weight excluding hydrogens is 624 g/mol. The molecule has 0 bridgehead atoms. The van der Waals surface area contributed by atoms with Crippen LogP contribution in [0, 0.1) is 0 Å². The van der Waals surface area contributed by atoms with E-state index in [9.17, 15) is 0 Å². The summed E-state index contributed by atoms with van der Waals surface area (Å²) >= 11 is 0. The van der Waals surface area contributed by atoms with Gasteiger partial charge in [-0.2, -0.15) is 0 Å². The molecule has 0 unspecified atom stereocenters. The van der Waals surface area contributed by atoms with E-state index in [1.807, 2.05) is 0 Å². The fraction of sp³-hybridized carbons (Fsp3) is 0.714. The highest BCUT2D eigenvalue weighted by molar-refractivity contribution is 5.43. The van der Waals surface area contributed by atoms with E-state index < -0.39 is 0 Å². The molecule has 8 aliphatic heterocycles. The van der Waals surface area contributed by atoms with Crippen LogP contribution in [-0.4, -0.2) is 122 Å². The van der Waals surface area contributed by atoms with Crippen LogP contribution in [0.3, 0.4) is 0 Å². The second-order valence-electron chi connectivity index (χ2n) is 16.9. The summed E-state index contributed by atoms with van der Waals surface area (Å²) in [5.74, 6) is 2.30. The SMILES string of the molecule is c1cc2c(cc1CN1CCOCC1)C[C@@]1(CCN3CCCC[C@H]3C1)O2.c1cc2c(cc1CN1CCOCC1)C[C@]1(CCN3CCCC[C@@H]3C1)O2. The van der Waals surface area contributed by atoms with E-state index in [2.05, 4.69) is 56.0 Å². The van der Waals surface area contributed by atoms with Crippen LogP contribution < -0.4 is 9.47 Å². The van der Waals surface area contributed by atoms with Crippen LogP contribution in [0.5, 0.6) is 11.5 Å². The van der Waals surface area contributed by atoms with Gasteiger partial charge in [-0.3, -0.25) is 9.80 Å². The molecule has 8 heterocycles. The van der Waals surface area contributed by atoms with Gasteiger partial charge in [-0.25, -0.2) is 0 Å². The summed E-state index contributed by atoms with van der Waals surface area (Å²) in [4.78, 5) is 10.4. The van der Waals surface area contributed by atoms with E-state index in [0.29, 0.717) is 0 Å². The highest BCUT2D eigenvalue weighted by Gasteiger charge is 2.47. The number of piperidine rings is 4. The Morgan fingerprint density at radius 1 is 0.540 bits per heavy atom. The Morgan fingerprint density at radius 3 is 1.46 bits per heavy atom. The molecule has 8 heteroatoms. The number of hydrogen-bond donors (Lipinski definition) is 0.